The minimum Gasteiger partial charge on any atom is -0.377 e. The first kappa shape index (κ1) is 29.6. The molecule has 0 N–H and O–H groups in total. The summed E-state index contributed by atoms with van der Waals surface area (Å²) in [7, 11) is 0.205. The third-order valence-electron chi connectivity index (χ3n) is 6.32. The summed E-state index contributed by atoms with van der Waals surface area (Å²) in [5.74, 6) is 0. The van der Waals surface area contributed by atoms with E-state index in [0.717, 1.165) is 38.1 Å². The minimum atomic E-state index is -3.21. The molecule has 0 unspecified atom stereocenters. The summed E-state index contributed by atoms with van der Waals surface area (Å²) >= 11 is 0. The Morgan fingerprint density at radius 3 is 1.56 bits per heavy atom. The van der Waals surface area contributed by atoms with Gasteiger partial charge in [-0.3, -0.25) is 0 Å². The second-order valence-corrected chi connectivity index (χ2v) is 22.3. The summed E-state index contributed by atoms with van der Waals surface area (Å²) in [6.45, 7) is 9.06. The van der Waals surface area contributed by atoms with E-state index in [1.54, 1.807) is 21.3 Å². The fourth-order valence-corrected chi connectivity index (χ4v) is 10.7. The molecule has 1 rings (SSSR count). The number of benzene rings is 1. The largest absolute Gasteiger partial charge is 0.500 e. The summed E-state index contributed by atoms with van der Waals surface area (Å²) in [4.78, 5) is 0. The molecule has 0 spiro atoms. The number of methoxy groups -OCH3 is 1. The number of rotatable bonds is 16. The molecule has 0 bridgehead atoms. The third-order valence-corrected chi connectivity index (χ3v) is 16.2. The van der Waals surface area contributed by atoms with E-state index in [0.29, 0.717) is 6.61 Å². The highest BCUT2D eigenvalue weighted by molar-refractivity contribution is 6.91. The van der Waals surface area contributed by atoms with Gasteiger partial charge in [-0.25, -0.2) is 0 Å². The van der Waals surface area contributed by atoms with Crippen molar-refractivity contribution in [1.82, 2.24) is 0 Å². The van der Waals surface area contributed by atoms with Crippen molar-refractivity contribution in [2.24, 2.45) is 0 Å². The Morgan fingerprint density at radius 1 is 0.719 bits per heavy atom. The van der Waals surface area contributed by atoms with E-state index >= 15 is 0 Å². The van der Waals surface area contributed by atoms with Gasteiger partial charge in [0.1, 0.15) is 6.61 Å². The van der Waals surface area contributed by atoms with E-state index in [1.807, 2.05) is 0 Å². The number of halogens is 2. The lowest BCUT2D eigenvalue weighted by Gasteiger charge is -2.28. The maximum Gasteiger partial charge on any atom is 0.500 e. The first-order valence-electron chi connectivity index (χ1n) is 11.1. The molecule has 0 amide bonds. The highest BCUT2D eigenvalue weighted by Crippen LogP contribution is 2.22. The molecular weight excluding hydrogens is 466 g/mol. The van der Waals surface area contributed by atoms with Gasteiger partial charge in [-0.1, -0.05) is 79.3 Å². The summed E-state index contributed by atoms with van der Waals surface area (Å²) in [6, 6.07) is 12.1. The molecule has 0 radical (unpaired) electrons. The molecule has 0 fully saturated rings. The predicted molar refractivity (Wildman–Crippen MR) is 134 cm³/mol. The zero-order valence-corrected chi connectivity index (χ0v) is 24.1. The van der Waals surface area contributed by atoms with Gasteiger partial charge in [0.25, 0.3) is 0 Å². The topological polar surface area (TPSA) is 46.2 Å². The Kier molecular flexibility index (Phi) is 11.9. The Labute approximate surface area is 196 Å². The number of hydrogen-bond donors (Lipinski definition) is 0. The van der Waals surface area contributed by atoms with Crippen LogP contribution in [0.5, 0.6) is 0 Å². The molecule has 0 atom stereocenters. The molecule has 186 valence electrons. The van der Waals surface area contributed by atoms with Gasteiger partial charge < -0.3 is 22.8 Å². The van der Waals surface area contributed by atoms with Crippen molar-refractivity contribution in [3.8, 4) is 0 Å². The van der Waals surface area contributed by atoms with Crippen LogP contribution in [-0.4, -0.2) is 72.7 Å². The van der Waals surface area contributed by atoms with Gasteiger partial charge in [-0.15, -0.1) is 0 Å². The van der Waals surface area contributed by atoms with Crippen LogP contribution >= 0.6 is 0 Å². The minimum absolute atomic E-state index is 0.322. The monoisotopic (exact) mass is 508 g/mol. The van der Waals surface area contributed by atoms with Gasteiger partial charge >= 0.3 is 14.9 Å². The molecular formula is C22H42F2O5Si3. The van der Waals surface area contributed by atoms with Crippen LogP contribution < -0.4 is 10.4 Å². The van der Waals surface area contributed by atoms with Crippen LogP contribution in [0.3, 0.4) is 0 Å². The maximum atomic E-state index is 13.1. The quantitative estimate of drug-likeness (QED) is 0.244. The smallest absolute Gasteiger partial charge is 0.377 e. The average molecular weight is 509 g/mol. The molecule has 0 saturated carbocycles. The molecule has 0 aromatic heterocycles. The zero-order chi connectivity index (χ0) is 24.5. The lowest BCUT2D eigenvalue weighted by molar-refractivity contribution is -0.249. The van der Waals surface area contributed by atoms with Crippen molar-refractivity contribution in [3.05, 3.63) is 24.3 Å². The van der Waals surface area contributed by atoms with Crippen LogP contribution in [0.2, 0.25) is 44.3 Å². The van der Waals surface area contributed by atoms with Crippen LogP contribution in [0, 0.1) is 0 Å². The van der Waals surface area contributed by atoms with E-state index in [-0.39, 0.29) is 0 Å². The van der Waals surface area contributed by atoms with Gasteiger partial charge in [0.2, 0.25) is 0 Å². The fraction of sp³-hybridized carbons (Fsp3) is 0.727. The number of hydrogen-bond acceptors (Lipinski definition) is 5. The first-order valence-corrected chi connectivity index (χ1v) is 19.5. The van der Waals surface area contributed by atoms with Crippen molar-refractivity contribution < 1.29 is 31.5 Å². The fourth-order valence-electron chi connectivity index (χ4n) is 3.83. The third kappa shape index (κ3) is 9.05. The Bertz CT molecular complexity index is 660. The van der Waals surface area contributed by atoms with E-state index in [4.69, 9.17) is 18.0 Å². The number of ether oxygens (including phenoxy) is 2. The van der Waals surface area contributed by atoms with Crippen LogP contribution in [0.1, 0.15) is 12.8 Å². The van der Waals surface area contributed by atoms with Crippen LogP contribution in [0.15, 0.2) is 24.3 Å². The summed E-state index contributed by atoms with van der Waals surface area (Å²) in [5, 5.41) is 2.83. The van der Waals surface area contributed by atoms with Gasteiger partial charge in [-0.2, -0.15) is 8.78 Å². The second kappa shape index (κ2) is 12.8. The lowest BCUT2D eigenvalue weighted by Crippen LogP contribution is -2.46. The maximum absolute atomic E-state index is 13.1. The zero-order valence-electron chi connectivity index (χ0n) is 21.1. The summed E-state index contributed by atoms with van der Waals surface area (Å²) < 4.78 is 51.9. The van der Waals surface area contributed by atoms with E-state index < -0.39 is 37.7 Å². The molecule has 0 aliphatic heterocycles. The normalized spacial score (nSPS) is 13.6. The predicted octanol–water partition coefficient (Wildman–Crippen LogP) is 4.43. The van der Waals surface area contributed by atoms with Crippen molar-refractivity contribution in [2.45, 2.75) is 63.3 Å². The van der Waals surface area contributed by atoms with Crippen molar-refractivity contribution in [3.63, 3.8) is 0 Å². The molecule has 0 heterocycles. The number of alkyl halides is 2. The molecule has 32 heavy (non-hydrogen) atoms. The summed E-state index contributed by atoms with van der Waals surface area (Å²) in [6.07, 6.45) is -1.42. The van der Waals surface area contributed by atoms with Gasteiger partial charge in [-0.05, 0) is 6.42 Å². The molecule has 0 aliphatic carbocycles. The van der Waals surface area contributed by atoms with Gasteiger partial charge in [0.05, 0.1) is 16.1 Å². The van der Waals surface area contributed by atoms with E-state index in [1.165, 1.54) is 10.4 Å². The molecule has 1 aromatic rings. The van der Waals surface area contributed by atoms with Crippen LogP contribution in [0.25, 0.3) is 0 Å². The average Bonchev–Trinajstić information content (AvgIpc) is 2.77. The van der Waals surface area contributed by atoms with Crippen LogP contribution in [0.4, 0.5) is 8.78 Å². The van der Waals surface area contributed by atoms with Crippen LogP contribution in [-0.2, 0) is 22.8 Å². The van der Waals surface area contributed by atoms with Crippen molar-refractivity contribution in [1.29, 1.82) is 0 Å². The lowest BCUT2D eigenvalue weighted by atomic mass is 10.4. The standard InChI is InChI=1S/C22H42F2O5Si3/c1-25-22(23,24)19-29-15-9-16-30(5,6)20-11-13-21(14-12-20)31(7,8)17-10-18-32(26-2,27-3)28-4/h11-14H,9-10,15-19H2,1-8H3. The van der Waals surface area contributed by atoms with Crippen molar-refractivity contribution >= 4 is 35.3 Å². The highest BCUT2D eigenvalue weighted by atomic mass is 28.4. The first-order chi connectivity index (χ1) is 14.9. The molecule has 1 aromatic carbocycles. The Morgan fingerprint density at radius 2 is 1.16 bits per heavy atom. The van der Waals surface area contributed by atoms with E-state index in [9.17, 15) is 8.78 Å². The SMILES string of the molecule is COC(F)(F)COCCC[Si](C)(C)c1ccc([Si](C)(C)CCC[Si](OC)(OC)OC)cc1. The van der Waals surface area contributed by atoms with Gasteiger partial charge in [0, 0.05) is 41.1 Å². The Balaban J connectivity index is 2.62. The van der Waals surface area contributed by atoms with Gasteiger partial charge in [0.15, 0.2) is 0 Å². The van der Waals surface area contributed by atoms with E-state index in [2.05, 4.69) is 55.2 Å². The summed E-state index contributed by atoms with van der Waals surface area (Å²) in [5.41, 5.74) is 0. The second-order valence-electron chi connectivity index (χ2n) is 9.49. The Hall–Kier alpha value is -0.469. The van der Waals surface area contributed by atoms with Crippen molar-refractivity contribution in [2.75, 3.05) is 41.7 Å². The molecule has 5 nitrogen and oxygen atoms in total. The highest BCUT2D eigenvalue weighted by Gasteiger charge is 2.38. The molecule has 0 saturated heterocycles. The molecule has 0 aliphatic rings. The molecule has 10 heteroatoms.